The van der Waals surface area contributed by atoms with Crippen LogP contribution in [0.1, 0.15) is 55.9 Å². The standard InChI is InChI=1S/C23H28O3/c1-21(2)13-23(19-11-15(24-4)7-9-17(19)21)14-22(3,26-6)18-10-8-16(25-5)12-20(18)23/h7-12H,13-14H2,1-6H3. The maximum atomic E-state index is 6.05. The number of methoxy groups -OCH3 is 3. The largest absolute Gasteiger partial charge is 0.497 e. The maximum Gasteiger partial charge on any atom is 0.119 e. The summed E-state index contributed by atoms with van der Waals surface area (Å²) < 4.78 is 17.2. The average molecular weight is 352 g/mol. The van der Waals surface area contributed by atoms with Crippen molar-refractivity contribution in [1.82, 2.24) is 0 Å². The Morgan fingerprint density at radius 3 is 1.77 bits per heavy atom. The molecule has 2 aromatic rings. The summed E-state index contributed by atoms with van der Waals surface area (Å²) in [5, 5.41) is 0. The van der Waals surface area contributed by atoms with E-state index >= 15 is 0 Å². The molecule has 2 atom stereocenters. The highest BCUT2D eigenvalue weighted by molar-refractivity contribution is 5.61. The highest BCUT2D eigenvalue weighted by Crippen LogP contribution is 2.63. The van der Waals surface area contributed by atoms with Crippen LogP contribution in [0, 0.1) is 0 Å². The molecule has 2 unspecified atom stereocenters. The van der Waals surface area contributed by atoms with Crippen molar-refractivity contribution in [3.63, 3.8) is 0 Å². The molecule has 2 aromatic carbocycles. The van der Waals surface area contributed by atoms with Crippen molar-refractivity contribution in [3.8, 4) is 11.5 Å². The Morgan fingerprint density at radius 2 is 1.23 bits per heavy atom. The van der Waals surface area contributed by atoms with E-state index in [1.807, 2.05) is 13.2 Å². The molecule has 0 amide bonds. The lowest BCUT2D eigenvalue weighted by Gasteiger charge is -2.31. The first-order valence-corrected chi connectivity index (χ1v) is 9.23. The minimum absolute atomic E-state index is 0.0813. The van der Waals surface area contributed by atoms with Crippen molar-refractivity contribution in [1.29, 1.82) is 0 Å². The van der Waals surface area contributed by atoms with Gasteiger partial charge in [-0.2, -0.15) is 0 Å². The van der Waals surface area contributed by atoms with E-state index in [-0.39, 0.29) is 16.4 Å². The van der Waals surface area contributed by atoms with Gasteiger partial charge < -0.3 is 14.2 Å². The van der Waals surface area contributed by atoms with E-state index in [1.54, 1.807) is 14.2 Å². The van der Waals surface area contributed by atoms with Gasteiger partial charge in [-0.3, -0.25) is 0 Å². The van der Waals surface area contributed by atoms with E-state index in [0.717, 1.165) is 24.3 Å². The van der Waals surface area contributed by atoms with Gasteiger partial charge in [0.2, 0.25) is 0 Å². The lowest BCUT2D eigenvalue weighted by atomic mass is 9.73. The summed E-state index contributed by atoms with van der Waals surface area (Å²) in [7, 11) is 5.29. The van der Waals surface area contributed by atoms with E-state index < -0.39 is 0 Å². The Hall–Kier alpha value is -2.00. The highest BCUT2D eigenvalue weighted by atomic mass is 16.5. The Kier molecular flexibility index (Phi) is 3.68. The number of benzene rings is 2. The van der Waals surface area contributed by atoms with Gasteiger partial charge in [-0.05, 0) is 71.7 Å². The third kappa shape index (κ3) is 2.16. The first kappa shape index (κ1) is 17.4. The van der Waals surface area contributed by atoms with Gasteiger partial charge in [0.25, 0.3) is 0 Å². The predicted molar refractivity (Wildman–Crippen MR) is 103 cm³/mol. The molecule has 0 aromatic heterocycles. The van der Waals surface area contributed by atoms with Crippen LogP contribution in [0.5, 0.6) is 11.5 Å². The SMILES string of the molecule is COc1ccc2c(c1)C1(CC2(C)C)CC(C)(OC)c2ccc(OC)cc21. The number of rotatable bonds is 3. The Morgan fingerprint density at radius 1 is 0.692 bits per heavy atom. The minimum atomic E-state index is -0.303. The Bertz CT molecular complexity index is 870. The summed E-state index contributed by atoms with van der Waals surface area (Å²) in [6.45, 7) is 6.89. The second-order valence-corrected chi connectivity index (χ2v) is 8.58. The van der Waals surface area contributed by atoms with Gasteiger partial charge >= 0.3 is 0 Å². The molecule has 0 saturated carbocycles. The fourth-order valence-corrected chi connectivity index (χ4v) is 5.44. The van der Waals surface area contributed by atoms with Gasteiger partial charge in [0, 0.05) is 12.5 Å². The quantitative estimate of drug-likeness (QED) is 0.783. The van der Waals surface area contributed by atoms with Gasteiger partial charge in [0.1, 0.15) is 11.5 Å². The lowest BCUT2D eigenvalue weighted by molar-refractivity contribution is -0.00688. The number of ether oxygens (including phenoxy) is 3. The molecular weight excluding hydrogens is 324 g/mol. The molecule has 0 N–H and O–H groups in total. The van der Waals surface area contributed by atoms with Crippen molar-refractivity contribution in [2.24, 2.45) is 0 Å². The summed E-state index contributed by atoms with van der Waals surface area (Å²) in [4.78, 5) is 0. The molecule has 2 aliphatic carbocycles. The molecule has 3 heteroatoms. The second-order valence-electron chi connectivity index (χ2n) is 8.58. The third-order valence-electron chi connectivity index (χ3n) is 6.62. The Labute approximate surface area is 156 Å². The van der Waals surface area contributed by atoms with Crippen LogP contribution in [0.3, 0.4) is 0 Å². The monoisotopic (exact) mass is 352 g/mol. The summed E-state index contributed by atoms with van der Waals surface area (Å²) >= 11 is 0. The second kappa shape index (κ2) is 5.50. The molecule has 2 aliphatic rings. The summed E-state index contributed by atoms with van der Waals surface area (Å²) in [5.74, 6) is 1.81. The molecule has 0 bridgehead atoms. The van der Waals surface area contributed by atoms with E-state index in [0.29, 0.717) is 0 Å². The first-order valence-electron chi connectivity index (χ1n) is 9.23. The van der Waals surface area contributed by atoms with Crippen molar-refractivity contribution < 1.29 is 14.2 Å². The van der Waals surface area contributed by atoms with E-state index in [2.05, 4.69) is 51.1 Å². The molecule has 0 heterocycles. The van der Waals surface area contributed by atoms with Crippen LogP contribution in [0.25, 0.3) is 0 Å². The van der Waals surface area contributed by atoms with Crippen LogP contribution < -0.4 is 9.47 Å². The summed E-state index contributed by atoms with van der Waals surface area (Å²) in [5.41, 5.74) is 5.10. The predicted octanol–water partition coefficient (Wildman–Crippen LogP) is 4.94. The molecule has 0 radical (unpaired) electrons. The van der Waals surface area contributed by atoms with Gasteiger partial charge in [-0.1, -0.05) is 26.0 Å². The van der Waals surface area contributed by atoms with Crippen LogP contribution in [0.4, 0.5) is 0 Å². The number of hydrogen-bond acceptors (Lipinski definition) is 3. The molecule has 4 rings (SSSR count). The zero-order valence-corrected chi connectivity index (χ0v) is 16.6. The van der Waals surface area contributed by atoms with Crippen LogP contribution in [-0.4, -0.2) is 21.3 Å². The smallest absolute Gasteiger partial charge is 0.119 e. The van der Waals surface area contributed by atoms with Gasteiger partial charge in [-0.25, -0.2) is 0 Å². The van der Waals surface area contributed by atoms with Crippen LogP contribution in [0.15, 0.2) is 36.4 Å². The van der Waals surface area contributed by atoms with Crippen LogP contribution in [0.2, 0.25) is 0 Å². The zero-order valence-electron chi connectivity index (χ0n) is 16.6. The van der Waals surface area contributed by atoms with Gasteiger partial charge in [0.15, 0.2) is 0 Å². The van der Waals surface area contributed by atoms with Crippen molar-refractivity contribution in [2.75, 3.05) is 21.3 Å². The summed E-state index contributed by atoms with van der Waals surface area (Å²) in [6, 6.07) is 13.0. The Balaban J connectivity index is 2.02. The molecule has 0 saturated heterocycles. The topological polar surface area (TPSA) is 27.7 Å². The van der Waals surface area contributed by atoms with Crippen LogP contribution >= 0.6 is 0 Å². The van der Waals surface area contributed by atoms with Gasteiger partial charge in [-0.15, -0.1) is 0 Å². The van der Waals surface area contributed by atoms with E-state index in [1.165, 1.54) is 22.3 Å². The minimum Gasteiger partial charge on any atom is -0.497 e. The molecule has 3 nitrogen and oxygen atoms in total. The fraction of sp³-hybridized carbons (Fsp3) is 0.478. The molecule has 138 valence electrons. The van der Waals surface area contributed by atoms with Crippen molar-refractivity contribution in [3.05, 3.63) is 58.7 Å². The van der Waals surface area contributed by atoms with E-state index in [9.17, 15) is 0 Å². The van der Waals surface area contributed by atoms with E-state index in [4.69, 9.17) is 14.2 Å². The third-order valence-corrected chi connectivity index (χ3v) is 6.62. The molecule has 26 heavy (non-hydrogen) atoms. The fourth-order valence-electron chi connectivity index (χ4n) is 5.44. The van der Waals surface area contributed by atoms with Crippen molar-refractivity contribution >= 4 is 0 Å². The zero-order chi connectivity index (χ0) is 18.7. The molecule has 0 aliphatic heterocycles. The average Bonchev–Trinajstić information content (AvgIpc) is 3.03. The lowest BCUT2D eigenvalue weighted by Crippen LogP contribution is -2.29. The molecule has 0 fully saturated rings. The summed E-state index contributed by atoms with van der Waals surface area (Å²) in [6.07, 6.45) is 1.99. The van der Waals surface area contributed by atoms with Gasteiger partial charge in [0.05, 0.1) is 19.8 Å². The highest BCUT2D eigenvalue weighted by Gasteiger charge is 2.58. The normalized spacial score (nSPS) is 28.1. The number of fused-ring (bicyclic) bond motifs is 4. The first-order chi connectivity index (χ1) is 12.3. The van der Waals surface area contributed by atoms with Crippen LogP contribution in [-0.2, 0) is 21.2 Å². The number of hydrogen-bond donors (Lipinski definition) is 0. The van der Waals surface area contributed by atoms with Crippen molar-refractivity contribution in [2.45, 2.75) is 50.0 Å². The molecular formula is C23H28O3. The maximum absolute atomic E-state index is 6.05. The molecule has 1 spiro atoms.